The molecule has 0 aliphatic carbocycles. The molecule has 0 fully saturated rings. The average molecular weight is 410 g/mol. The van der Waals surface area contributed by atoms with Crippen LogP contribution in [-0.2, 0) is 14.8 Å². The van der Waals surface area contributed by atoms with E-state index in [0.29, 0.717) is 5.02 Å². The Hall–Kier alpha value is -2.75. The van der Waals surface area contributed by atoms with E-state index in [1.807, 2.05) is 0 Å². The summed E-state index contributed by atoms with van der Waals surface area (Å²) in [5.74, 6) is -0.389. The largest absolute Gasteiger partial charge is 0.351 e. The Morgan fingerprint density at radius 3 is 2.52 bits per heavy atom. The van der Waals surface area contributed by atoms with Gasteiger partial charge in [-0.2, -0.15) is 0 Å². The number of benzene rings is 2. The molecule has 0 bridgehead atoms. The number of nitro groups is 1. The summed E-state index contributed by atoms with van der Waals surface area (Å²) in [4.78, 5) is 21.6. The van der Waals surface area contributed by atoms with E-state index in [1.165, 1.54) is 24.3 Å². The van der Waals surface area contributed by atoms with Crippen LogP contribution in [0.15, 0.2) is 59.5 Å². The maximum absolute atomic E-state index is 12.1. The number of halogens is 1. The van der Waals surface area contributed by atoms with Crippen molar-refractivity contribution in [2.45, 2.75) is 4.90 Å². The predicted molar refractivity (Wildman–Crippen MR) is 102 cm³/mol. The van der Waals surface area contributed by atoms with Gasteiger partial charge in [-0.05, 0) is 29.8 Å². The minimum Gasteiger partial charge on any atom is -0.351 e. The lowest BCUT2D eigenvalue weighted by Gasteiger charge is -2.07. The third-order valence-electron chi connectivity index (χ3n) is 3.35. The Labute approximate surface area is 161 Å². The van der Waals surface area contributed by atoms with E-state index in [1.54, 1.807) is 30.3 Å². The fourth-order valence-electron chi connectivity index (χ4n) is 2.02. The van der Waals surface area contributed by atoms with Crippen molar-refractivity contribution < 1.29 is 18.1 Å². The number of sulfonamides is 1. The number of nitrogens with one attached hydrogen (secondary N) is 2. The third kappa shape index (κ3) is 6.48. The van der Waals surface area contributed by atoms with E-state index in [4.69, 9.17) is 11.6 Å². The molecule has 0 atom stereocenters. The zero-order chi connectivity index (χ0) is 19.9. The molecule has 0 saturated heterocycles. The van der Waals surface area contributed by atoms with Gasteiger partial charge in [-0.15, -0.1) is 0 Å². The highest BCUT2D eigenvalue weighted by Crippen LogP contribution is 2.16. The monoisotopic (exact) mass is 409 g/mol. The van der Waals surface area contributed by atoms with Gasteiger partial charge in [-0.1, -0.05) is 29.8 Å². The quantitative estimate of drug-likeness (QED) is 0.300. The normalized spacial score (nSPS) is 11.4. The zero-order valence-corrected chi connectivity index (χ0v) is 15.5. The predicted octanol–water partition coefficient (Wildman–Crippen LogP) is 2.36. The fourth-order valence-corrected chi connectivity index (χ4v) is 3.22. The van der Waals surface area contributed by atoms with Crippen LogP contribution >= 0.6 is 11.6 Å². The molecular formula is C17H16ClN3O5S. The van der Waals surface area contributed by atoms with Crippen LogP contribution in [0.3, 0.4) is 0 Å². The molecule has 0 heterocycles. The van der Waals surface area contributed by atoms with Crippen LogP contribution < -0.4 is 10.0 Å². The van der Waals surface area contributed by atoms with Crippen LogP contribution in [0.2, 0.25) is 5.02 Å². The molecule has 8 nitrogen and oxygen atoms in total. The first-order valence-corrected chi connectivity index (χ1v) is 9.60. The van der Waals surface area contributed by atoms with E-state index >= 15 is 0 Å². The minimum atomic E-state index is -3.91. The van der Waals surface area contributed by atoms with E-state index in [9.17, 15) is 23.3 Å². The molecule has 0 aromatic heterocycles. The highest BCUT2D eigenvalue weighted by atomic mass is 35.5. The molecule has 2 aromatic carbocycles. The van der Waals surface area contributed by atoms with Gasteiger partial charge in [-0.3, -0.25) is 14.9 Å². The van der Waals surface area contributed by atoms with E-state index in [2.05, 4.69) is 10.0 Å². The molecule has 0 aliphatic heterocycles. The topological polar surface area (TPSA) is 118 Å². The Balaban J connectivity index is 1.83. The van der Waals surface area contributed by atoms with Crippen LogP contribution in [0.25, 0.3) is 6.08 Å². The van der Waals surface area contributed by atoms with Gasteiger partial charge in [-0.25, -0.2) is 13.1 Å². The molecule has 2 rings (SSSR count). The number of hydrogen-bond acceptors (Lipinski definition) is 5. The van der Waals surface area contributed by atoms with Crippen molar-refractivity contribution in [1.29, 1.82) is 0 Å². The SMILES string of the molecule is O=C(/C=C/c1ccc(Cl)cc1)NCCNS(=O)(=O)c1cccc([N+](=O)[O-])c1. The Kier molecular flexibility index (Phi) is 7.05. The summed E-state index contributed by atoms with van der Waals surface area (Å²) < 4.78 is 26.5. The van der Waals surface area contributed by atoms with Gasteiger partial charge in [0.2, 0.25) is 15.9 Å². The molecule has 2 aromatic rings. The molecule has 0 aliphatic rings. The summed E-state index contributed by atoms with van der Waals surface area (Å²) in [6.07, 6.45) is 2.91. The lowest BCUT2D eigenvalue weighted by molar-refractivity contribution is -0.385. The summed E-state index contributed by atoms with van der Waals surface area (Å²) in [5.41, 5.74) is 0.472. The summed E-state index contributed by atoms with van der Waals surface area (Å²) in [5, 5.41) is 13.8. The van der Waals surface area contributed by atoms with Crippen LogP contribution in [0.5, 0.6) is 0 Å². The van der Waals surface area contributed by atoms with Gasteiger partial charge in [0.25, 0.3) is 5.69 Å². The van der Waals surface area contributed by atoms with Crippen molar-refractivity contribution >= 4 is 39.3 Å². The number of carbonyl (C=O) groups is 1. The first kappa shape index (κ1) is 20.6. The van der Waals surface area contributed by atoms with Crippen molar-refractivity contribution in [3.63, 3.8) is 0 Å². The highest BCUT2D eigenvalue weighted by molar-refractivity contribution is 7.89. The second-order valence-electron chi connectivity index (χ2n) is 5.33. The van der Waals surface area contributed by atoms with Gasteiger partial charge in [0.1, 0.15) is 0 Å². The first-order chi connectivity index (χ1) is 12.8. The number of hydrogen-bond donors (Lipinski definition) is 2. The fraction of sp³-hybridized carbons (Fsp3) is 0.118. The Morgan fingerprint density at radius 1 is 1.15 bits per heavy atom. The third-order valence-corrected chi connectivity index (χ3v) is 5.06. The van der Waals surface area contributed by atoms with Crippen molar-refractivity contribution in [1.82, 2.24) is 10.0 Å². The number of nitrogens with zero attached hydrogens (tertiary/aromatic N) is 1. The van der Waals surface area contributed by atoms with Crippen molar-refractivity contribution in [2.24, 2.45) is 0 Å². The summed E-state index contributed by atoms with van der Waals surface area (Å²) in [7, 11) is -3.91. The summed E-state index contributed by atoms with van der Waals surface area (Å²) in [6.45, 7) is -0.0104. The van der Waals surface area contributed by atoms with Crippen LogP contribution in [-0.4, -0.2) is 32.3 Å². The smallest absolute Gasteiger partial charge is 0.270 e. The van der Waals surface area contributed by atoms with Gasteiger partial charge < -0.3 is 5.32 Å². The van der Waals surface area contributed by atoms with E-state index in [0.717, 1.165) is 11.6 Å². The number of non-ortho nitro benzene ring substituents is 1. The van der Waals surface area contributed by atoms with Gasteiger partial charge in [0, 0.05) is 36.3 Å². The summed E-state index contributed by atoms with van der Waals surface area (Å²) >= 11 is 5.77. The minimum absolute atomic E-state index is 0.0535. The molecule has 0 radical (unpaired) electrons. The molecule has 0 spiro atoms. The molecule has 27 heavy (non-hydrogen) atoms. The highest BCUT2D eigenvalue weighted by Gasteiger charge is 2.16. The first-order valence-electron chi connectivity index (χ1n) is 7.73. The van der Waals surface area contributed by atoms with Gasteiger partial charge >= 0.3 is 0 Å². The lowest BCUT2D eigenvalue weighted by atomic mass is 10.2. The van der Waals surface area contributed by atoms with Gasteiger partial charge in [0.15, 0.2) is 0 Å². The van der Waals surface area contributed by atoms with E-state index < -0.39 is 14.9 Å². The maximum atomic E-state index is 12.1. The molecule has 0 saturated carbocycles. The molecule has 1 amide bonds. The van der Waals surface area contributed by atoms with E-state index in [-0.39, 0.29) is 29.6 Å². The number of amides is 1. The van der Waals surface area contributed by atoms with Crippen LogP contribution in [0.1, 0.15) is 5.56 Å². The number of nitro benzene ring substituents is 1. The number of rotatable bonds is 8. The Bertz CT molecular complexity index is 959. The molecular weight excluding hydrogens is 394 g/mol. The maximum Gasteiger partial charge on any atom is 0.270 e. The average Bonchev–Trinajstić information content (AvgIpc) is 2.65. The second-order valence-corrected chi connectivity index (χ2v) is 7.53. The van der Waals surface area contributed by atoms with Crippen molar-refractivity contribution in [3.8, 4) is 0 Å². The molecule has 0 unspecified atom stereocenters. The zero-order valence-electron chi connectivity index (χ0n) is 14.0. The Morgan fingerprint density at radius 2 is 1.85 bits per heavy atom. The van der Waals surface area contributed by atoms with Crippen LogP contribution in [0.4, 0.5) is 5.69 Å². The number of carbonyl (C=O) groups excluding carboxylic acids is 1. The van der Waals surface area contributed by atoms with Gasteiger partial charge in [0.05, 0.1) is 9.82 Å². The summed E-state index contributed by atoms with van der Waals surface area (Å²) in [6, 6.07) is 11.6. The van der Waals surface area contributed by atoms with Crippen molar-refractivity contribution in [2.75, 3.05) is 13.1 Å². The molecule has 2 N–H and O–H groups in total. The molecule has 10 heteroatoms. The second kappa shape index (κ2) is 9.26. The lowest BCUT2D eigenvalue weighted by Crippen LogP contribution is -2.34. The van der Waals surface area contributed by atoms with Crippen molar-refractivity contribution in [3.05, 3.63) is 75.3 Å². The van der Waals surface area contributed by atoms with Crippen LogP contribution in [0, 0.1) is 10.1 Å². The standard InChI is InChI=1S/C17H16ClN3O5S/c18-14-7-4-13(5-8-14)6-9-17(22)19-10-11-20-27(25,26)16-3-1-2-15(12-16)21(23)24/h1-9,12,20H,10-11H2,(H,19,22)/b9-6+. The molecule has 142 valence electrons.